The monoisotopic (exact) mass is 381 g/mol. The van der Waals surface area contributed by atoms with Crippen molar-refractivity contribution in [3.05, 3.63) is 23.8 Å². The molecule has 0 radical (unpaired) electrons. The number of fused-ring (bicyclic) bond motifs is 1. The number of nitrogens with zero attached hydrogens (tertiary/aromatic N) is 3. The fourth-order valence-corrected chi connectivity index (χ4v) is 4.40. The molecule has 0 bridgehead atoms. The highest BCUT2D eigenvalue weighted by atomic mass is 35.5. The summed E-state index contributed by atoms with van der Waals surface area (Å²) in [6, 6.07) is 6.30. The molecule has 0 atom stereocenters. The molecule has 138 valence electrons. The molecule has 1 aromatic heterocycles. The van der Waals surface area contributed by atoms with Crippen molar-refractivity contribution in [1.29, 1.82) is 0 Å². The Morgan fingerprint density at radius 3 is 2.60 bits per heavy atom. The van der Waals surface area contributed by atoms with Gasteiger partial charge in [0.15, 0.2) is 5.13 Å². The molecule has 3 rings (SSSR count). The van der Waals surface area contributed by atoms with E-state index in [1.165, 1.54) is 24.8 Å². The Morgan fingerprint density at radius 2 is 1.92 bits per heavy atom. The van der Waals surface area contributed by atoms with Crippen molar-refractivity contribution in [1.82, 2.24) is 9.88 Å². The molecule has 0 saturated heterocycles. The molecule has 4 nitrogen and oxygen atoms in total. The second kappa shape index (κ2) is 8.97. The van der Waals surface area contributed by atoms with Crippen LogP contribution >= 0.6 is 23.7 Å². The number of benzene rings is 1. The van der Waals surface area contributed by atoms with E-state index in [-0.39, 0.29) is 24.2 Å². The molecule has 1 amide bonds. The smallest absolute Gasteiger partial charge is 0.231 e. The number of anilines is 1. The van der Waals surface area contributed by atoms with E-state index in [9.17, 15) is 4.79 Å². The molecule has 1 aliphatic rings. The number of likely N-dealkylation sites (N-methyl/N-ethyl adjacent to an activating group) is 1. The summed E-state index contributed by atoms with van der Waals surface area (Å²) in [6.07, 6.45) is 5.68. The first-order chi connectivity index (χ1) is 11.5. The van der Waals surface area contributed by atoms with Crippen LogP contribution in [0, 0.1) is 12.8 Å². The largest absolute Gasteiger partial charge is 0.308 e. The van der Waals surface area contributed by atoms with E-state index in [1.807, 2.05) is 19.0 Å². The Hall–Kier alpha value is -1.17. The predicted molar refractivity (Wildman–Crippen MR) is 109 cm³/mol. The first-order valence-electron chi connectivity index (χ1n) is 8.88. The second-order valence-electron chi connectivity index (χ2n) is 7.10. The number of hydrogen-bond acceptors (Lipinski definition) is 4. The zero-order valence-corrected chi connectivity index (χ0v) is 17.0. The molecule has 0 unspecified atom stereocenters. The topological polar surface area (TPSA) is 36.4 Å². The maximum atomic E-state index is 13.1. The first-order valence-corrected chi connectivity index (χ1v) is 9.69. The van der Waals surface area contributed by atoms with Crippen LogP contribution < -0.4 is 4.90 Å². The molecule has 0 aliphatic heterocycles. The summed E-state index contributed by atoms with van der Waals surface area (Å²) in [5.74, 6) is 0.446. The zero-order chi connectivity index (χ0) is 17.1. The standard InChI is InChI=1S/C19H27N3OS.ClH/c1-14-9-10-16-17(13-14)24-19(20-16)22(12-11-21(2)3)18(23)15-7-5-4-6-8-15;/h9-10,13,15H,4-8,11-12H2,1-3H3;1H. The molecule has 1 heterocycles. The number of thiazole rings is 1. The molecule has 1 saturated carbocycles. The zero-order valence-electron chi connectivity index (χ0n) is 15.3. The highest BCUT2D eigenvalue weighted by Gasteiger charge is 2.28. The van der Waals surface area contributed by atoms with Gasteiger partial charge in [0.25, 0.3) is 0 Å². The lowest BCUT2D eigenvalue weighted by Gasteiger charge is -2.28. The Morgan fingerprint density at radius 1 is 1.20 bits per heavy atom. The van der Waals surface area contributed by atoms with Crippen molar-refractivity contribution < 1.29 is 4.79 Å². The van der Waals surface area contributed by atoms with Crippen LogP contribution in [0.2, 0.25) is 0 Å². The average Bonchev–Trinajstić information content (AvgIpc) is 2.98. The van der Waals surface area contributed by atoms with Crippen molar-refractivity contribution in [2.45, 2.75) is 39.0 Å². The van der Waals surface area contributed by atoms with Gasteiger partial charge in [-0.25, -0.2) is 4.98 Å². The number of amides is 1. The number of carbonyl (C=O) groups excluding carboxylic acids is 1. The molecule has 25 heavy (non-hydrogen) atoms. The minimum absolute atomic E-state index is 0. The van der Waals surface area contributed by atoms with Gasteiger partial charge >= 0.3 is 0 Å². The van der Waals surface area contributed by atoms with Crippen molar-refractivity contribution in [3.63, 3.8) is 0 Å². The Labute approximate surface area is 160 Å². The third-order valence-corrected chi connectivity index (χ3v) is 5.80. The molecule has 2 aromatic rings. The minimum atomic E-state index is 0. The number of aromatic nitrogens is 1. The van der Waals surface area contributed by atoms with Crippen molar-refractivity contribution in [2.24, 2.45) is 5.92 Å². The van der Waals surface area contributed by atoms with Crippen LogP contribution in [0.4, 0.5) is 5.13 Å². The molecule has 0 N–H and O–H groups in total. The number of halogens is 1. The van der Waals surface area contributed by atoms with Gasteiger partial charge in [0.05, 0.1) is 10.2 Å². The van der Waals surface area contributed by atoms with E-state index >= 15 is 0 Å². The maximum absolute atomic E-state index is 13.1. The van der Waals surface area contributed by atoms with Crippen LogP contribution in [-0.2, 0) is 4.79 Å². The molecule has 6 heteroatoms. The highest BCUT2D eigenvalue weighted by molar-refractivity contribution is 7.22. The predicted octanol–water partition coefficient (Wildman–Crippen LogP) is 4.50. The van der Waals surface area contributed by atoms with Crippen LogP contribution in [0.1, 0.15) is 37.7 Å². The summed E-state index contributed by atoms with van der Waals surface area (Å²) < 4.78 is 1.16. The highest BCUT2D eigenvalue weighted by Crippen LogP contribution is 2.32. The van der Waals surface area contributed by atoms with E-state index in [4.69, 9.17) is 4.98 Å². The minimum Gasteiger partial charge on any atom is -0.308 e. The quantitative estimate of drug-likeness (QED) is 0.764. The summed E-state index contributed by atoms with van der Waals surface area (Å²) in [6.45, 7) is 3.66. The van der Waals surface area contributed by atoms with Crippen molar-refractivity contribution in [2.75, 3.05) is 32.1 Å². The summed E-state index contributed by atoms with van der Waals surface area (Å²) >= 11 is 1.64. The Balaban J connectivity index is 0.00000225. The van der Waals surface area contributed by atoms with E-state index in [0.29, 0.717) is 6.54 Å². The average molecular weight is 382 g/mol. The van der Waals surface area contributed by atoms with Gasteiger partial charge in [-0.3, -0.25) is 9.69 Å². The third-order valence-electron chi connectivity index (χ3n) is 4.75. The van der Waals surface area contributed by atoms with Gasteiger partial charge in [0, 0.05) is 19.0 Å². The lowest BCUT2D eigenvalue weighted by atomic mass is 9.88. The van der Waals surface area contributed by atoms with Crippen molar-refractivity contribution in [3.8, 4) is 0 Å². The second-order valence-corrected chi connectivity index (χ2v) is 8.10. The van der Waals surface area contributed by atoms with E-state index in [2.05, 4.69) is 30.0 Å². The molecule has 1 fully saturated rings. The van der Waals surface area contributed by atoms with Gasteiger partial charge in [-0.1, -0.05) is 36.7 Å². The lowest BCUT2D eigenvalue weighted by Crippen LogP contribution is -2.41. The fraction of sp³-hybridized carbons (Fsp3) is 0.579. The summed E-state index contributed by atoms with van der Waals surface area (Å²) in [7, 11) is 4.09. The fourth-order valence-electron chi connectivity index (χ4n) is 3.31. The first kappa shape index (κ1) is 20.1. The summed E-state index contributed by atoms with van der Waals surface area (Å²) in [4.78, 5) is 21.9. The van der Waals surface area contributed by atoms with Gasteiger partial charge in [-0.2, -0.15) is 0 Å². The van der Waals surface area contributed by atoms with Crippen LogP contribution in [0.5, 0.6) is 0 Å². The van der Waals surface area contributed by atoms with Gasteiger partial charge in [-0.15, -0.1) is 12.4 Å². The van der Waals surface area contributed by atoms with Crippen LogP contribution in [-0.4, -0.2) is 43.0 Å². The Bertz CT molecular complexity index is 710. The number of aryl methyl sites for hydroxylation is 1. The summed E-state index contributed by atoms with van der Waals surface area (Å²) in [5, 5.41) is 0.855. The van der Waals surface area contributed by atoms with Gasteiger partial charge in [0.2, 0.25) is 5.91 Å². The lowest BCUT2D eigenvalue weighted by molar-refractivity contribution is -0.123. The van der Waals surface area contributed by atoms with Gasteiger partial charge < -0.3 is 4.90 Å². The molecular weight excluding hydrogens is 354 g/mol. The molecule has 1 aliphatic carbocycles. The van der Waals surface area contributed by atoms with Gasteiger partial charge in [-0.05, 0) is 51.6 Å². The number of hydrogen-bond donors (Lipinski definition) is 0. The van der Waals surface area contributed by atoms with E-state index < -0.39 is 0 Å². The van der Waals surface area contributed by atoms with Crippen molar-refractivity contribution >= 4 is 45.0 Å². The summed E-state index contributed by atoms with van der Waals surface area (Å²) in [5.41, 5.74) is 2.23. The maximum Gasteiger partial charge on any atom is 0.231 e. The van der Waals surface area contributed by atoms with Crippen LogP contribution in [0.15, 0.2) is 18.2 Å². The van der Waals surface area contributed by atoms with Crippen LogP contribution in [0.25, 0.3) is 10.2 Å². The third kappa shape index (κ3) is 4.93. The Kier molecular flexibility index (Phi) is 7.23. The number of rotatable bonds is 5. The van der Waals surface area contributed by atoms with E-state index in [0.717, 1.165) is 34.7 Å². The van der Waals surface area contributed by atoms with Crippen LogP contribution in [0.3, 0.4) is 0 Å². The SMILES string of the molecule is Cc1ccc2nc(N(CCN(C)C)C(=O)C3CCCCC3)sc2c1.Cl. The number of carbonyl (C=O) groups is 1. The molecule has 0 spiro atoms. The van der Waals surface area contributed by atoms with E-state index in [1.54, 1.807) is 11.3 Å². The molecule has 1 aromatic carbocycles. The molecular formula is C19H28ClN3OS. The normalized spacial score (nSPS) is 15.4. The van der Waals surface area contributed by atoms with Gasteiger partial charge in [0.1, 0.15) is 0 Å².